The SMILES string of the molecule is CC(C)(C)c1cncc2nc(-c3cccc4c3oc3ccccc34)n(-c3ccc(-c4ccccc4)cc3)c12. The van der Waals surface area contributed by atoms with Crippen molar-refractivity contribution in [1.29, 1.82) is 0 Å². The molecule has 184 valence electrons. The lowest BCUT2D eigenvalue weighted by Gasteiger charge is -2.21. The molecule has 0 saturated heterocycles. The standard InChI is InChI=1S/C34H27N3O/c1-34(2,3)28-20-35-21-29-31(28)37(24-18-16-23(17-19-24)22-10-5-4-6-11-22)33(36-29)27-14-9-13-26-25-12-7-8-15-30(25)38-32(26)27/h4-21H,1-3H3. The molecule has 4 heteroatoms. The van der Waals surface area contributed by atoms with Crippen LogP contribution >= 0.6 is 0 Å². The van der Waals surface area contributed by atoms with Crippen LogP contribution in [-0.2, 0) is 5.41 Å². The van der Waals surface area contributed by atoms with Gasteiger partial charge in [-0.25, -0.2) is 4.98 Å². The fourth-order valence-corrected chi connectivity index (χ4v) is 5.37. The number of imidazole rings is 1. The molecule has 3 aromatic heterocycles. The molecule has 7 aromatic rings. The molecule has 0 spiro atoms. The predicted molar refractivity (Wildman–Crippen MR) is 156 cm³/mol. The third-order valence-corrected chi connectivity index (χ3v) is 7.25. The van der Waals surface area contributed by atoms with Crippen LogP contribution < -0.4 is 0 Å². The van der Waals surface area contributed by atoms with Crippen molar-refractivity contribution in [2.75, 3.05) is 0 Å². The molecule has 0 radical (unpaired) electrons. The van der Waals surface area contributed by atoms with Gasteiger partial charge in [0, 0.05) is 28.2 Å². The Kier molecular flexibility index (Phi) is 4.98. The van der Waals surface area contributed by atoms with Crippen molar-refractivity contribution in [1.82, 2.24) is 14.5 Å². The normalized spacial score (nSPS) is 12.1. The summed E-state index contributed by atoms with van der Waals surface area (Å²) in [5.74, 6) is 0.843. The number of rotatable bonds is 3. The monoisotopic (exact) mass is 493 g/mol. The molecule has 38 heavy (non-hydrogen) atoms. The van der Waals surface area contributed by atoms with Crippen molar-refractivity contribution < 1.29 is 4.42 Å². The van der Waals surface area contributed by atoms with Crippen LogP contribution in [0.4, 0.5) is 0 Å². The van der Waals surface area contributed by atoms with Gasteiger partial charge in [0.05, 0.1) is 17.3 Å². The second-order valence-corrected chi connectivity index (χ2v) is 10.8. The van der Waals surface area contributed by atoms with E-state index in [2.05, 4.69) is 109 Å². The molecule has 0 saturated carbocycles. The van der Waals surface area contributed by atoms with Crippen molar-refractivity contribution in [2.45, 2.75) is 26.2 Å². The Morgan fingerprint density at radius 3 is 2.18 bits per heavy atom. The number of fused-ring (bicyclic) bond motifs is 4. The van der Waals surface area contributed by atoms with Gasteiger partial charge >= 0.3 is 0 Å². The smallest absolute Gasteiger partial charge is 0.149 e. The first-order valence-electron chi connectivity index (χ1n) is 12.9. The Hall–Kier alpha value is -4.70. The van der Waals surface area contributed by atoms with Crippen LogP contribution in [0.5, 0.6) is 0 Å². The van der Waals surface area contributed by atoms with Crippen LogP contribution in [0.3, 0.4) is 0 Å². The minimum absolute atomic E-state index is 0.114. The third kappa shape index (κ3) is 3.52. The Labute approximate surface area is 221 Å². The fourth-order valence-electron chi connectivity index (χ4n) is 5.37. The van der Waals surface area contributed by atoms with Crippen LogP contribution in [0.2, 0.25) is 0 Å². The van der Waals surface area contributed by atoms with Crippen molar-refractivity contribution in [2.24, 2.45) is 0 Å². The lowest BCUT2D eigenvalue weighted by molar-refractivity contribution is 0.591. The Balaban J connectivity index is 1.53. The van der Waals surface area contributed by atoms with Crippen LogP contribution in [0.1, 0.15) is 26.3 Å². The highest BCUT2D eigenvalue weighted by atomic mass is 16.3. The van der Waals surface area contributed by atoms with Gasteiger partial charge in [-0.1, -0.05) is 93.6 Å². The summed E-state index contributed by atoms with van der Waals surface area (Å²) in [6, 6.07) is 33.7. The number of nitrogens with zero attached hydrogens (tertiary/aromatic N) is 3. The summed E-state index contributed by atoms with van der Waals surface area (Å²) in [6.07, 6.45) is 3.84. The first-order valence-corrected chi connectivity index (χ1v) is 12.9. The number of hydrogen-bond acceptors (Lipinski definition) is 3. The minimum Gasteiger partial charge on any atom is -0.455 e. The van der Waals surface area contributed by atoms with E-state index >= 15 is 0 Å². The molecule has 4 nitrogen and oxygen atoms in total. The van der Waals surface area contributed by atoms with Gasteiger partial charge in [-0.2, -0.15) is 0 Å². The highest BCUT2D eigenvalue weighted by Crippen LogP contribution is 2.40. The maximum Gasteiger partial charge on any atom is 0.149 e. The Morgan fingerprint density at radius 2 is 1.39 bits per heavy atom. The molecule has 0 bridgehead atoms. The van der Waals surface area contributed by atoms with Gasteiger partial charge in [-0.3, -0.25) is 9.55 Å². The van der Waals surface area contributed by atoms with E-state index in [1.807, 2.05) is 30.6 Å². The van der Waals surface area contributed by atoms with Gasteiger partial charge in [-0.15, -0.1) is 0 Å². The summed E-state index contributed by atoms with van der Waals surface area (Å²) >= 11 is 0. The van der Waals surface area contributed by atoms with E-state index < -0.39 is 0 Å². The summed E-state index contributed by atoms with van der Waals surface area (Å²) < 4.78 is 8.70. The van der Waals surface area contributed by atoms with Crippen molar-refractivity contribution in [3.05, 3.63) is 115 Å². The molecule has 0 aliphatic heterocycles. The van der Waals surface area contributed by atoms with Gasteiger partial charge in [0.1, 0.15) is 22.5 Å². The zero-order valence-electron chi connectivity index (χ0n) is 21.6. The zero-order chi connectivity index (χ0) is 25.9. The largest absolute Gasteiger partial charge is 0.455 e. The quantitative estimate of drug-likeness (QED) is 0.247. The molecule has 0 aliphatic carbocycles. The van der Waals surface area contributed by atoms with Gasteiger partial charge in [-0.05, 0) is 40.8 Å². The number of furan rings is 1. The number of benzene rings is 4. The predicted octanol–water partition coefficient (Wildman–Crippen LogP) is 8.95. The average Bonchev–Trinajstić information content (AvgIpc) is 3.52. The second-order valence-electron chi connectivity index (χ2n) is 10.8. The molecule has 4 aromatic carbocycles. The Morgan fingerprint density at radius 1 is 0.684 bits per heavy atom. The summed E-state index contributed by atoms with van der Waals surface area (Å²) in [5, 5.41) is 2.20. The van der Waals surface area contributed by atoms with Crippen LogP contribution in [0, 0.1) is 0 Å². The van der Waals surface area contributed by atoms with E-state index in [0.29, 0.717) is 0 Å². The van der Waals surface area contributed by atoms with E-state index in [1.165, 1.54) is 11.1 Å². The van der Waals surface area contributed by atoms with Gasteiger partial charge < -0.3 is 4.42 Å². The minimum atomic E-state index is -0.114. The van der Waals surface area contributed by atoms with E-state index in [1.54, 1.807) is 0 Å². The molecular weight excluding hydrogens is 466 g/mol. The lowest BCUT2D eigenvalue weighted by atomic mass is 9.87. The molecule has 3 heterocycles. The zero-order valence-corrected chi connectivity index (χ0v) is 21.6. The second kappa shape index (κ2) is 8.42. The van der Waals surface area contributed by atoms with E-state index in [9.17, 15) is 0 Å². The molecule has 0 amide bonds. The fraction of sp³-hybridized carbons (Fsp3) is 0.118. The van der Waals surface area contributed by atoms with E-state index in [-0.39, 0.29) is 5.41 Å². The first kappa shape index (κ1) is 22.5. The molecule has 0 fully saturated rings. The molecular formula is C34H27N3O. The van der Waals surface area contributed by atoms with Crippen LogP contribution in [0.15, 0.2) is 114 Å². The van der Waals surface area contributed by atoms with E-state index in [4.69, 9.17) is 9.40 Å². The maximum absolute atomic E-state index is 6.43. The van der Waals surface area contributed by atoms with Crippen molar-refractivity contribution in [3.63, 3.8) is 0 Å². The van der Waals surface area contributed by atoms with Crippen LogP contribution in [-0.4, -0.2) is 14.5 Å². The highest BCUT2D eigenvalue weighted by molar-refractivity contribution is 6.09. The van der Waals surface area contributed by atoms with Gasteiger partial charge in [0.15, 0.2) is 0 Å². The number of aromatic nitrogens is 3. The molecule has 0 atom stereocenters. The van der Waals surface area contributed by atoms with Crippen LogP contribution in [0.25, 0.3) is 61.2 Å². The van der Waals surface area contributed by atoms with Crippen molar-refractivity contribution >= 4 is 33.0 Å². The number of pyridine rings is 1. The molecule has 7 rings (SSSR count). The average molecular weight is 494 g/mol. The first-order chi connectivity index (χ1) is 18.5. The number of hydrogen-bond donors (Lipinski definition) is 0. The van der Waals surface area contributed by atoms with Gasteiger partial charge in [0.2, 0.25) is 0 Å². The van der Waals surface area contributed by atoms with E-state index in [0.717, 1.165) is 55.6 Å². The van der Waals surface area contributed by atoms with Crippen molar-refractivity contribution in [3.8, 4) is 28.2 Å². The summed E-state index contributed by atoms with van der Waals surface area (Å²) in [6.45, 7) is 6.66. The lowest BCUT2D eigenvalue weighted by Crippen LogP contribution is -2.14. The molecule has 0 N–H and O–H groups in total. The Bertz CT molecular complexity index is 1940. The third-order valence-electron chi connectivity index (χ3n) is 7.25. The molecule has 0 unspecified atom stereocenters. The topological polar surface area (TPSA) is 43.9 Å². The maximum atomic E-state index is 6.43. The molecule has 0 aliphatic rings. The highest BCUT2D eigenvalue weighted by Gasteiger charge is 2.25. The number of para-hydroxylation sites is 2. The van der Waals surface area contributed by atoms with Gasteiger partial charge in [0.25, 0.3) is 0 Å². The summed E-state index contributed by atoms with van der Waals surface area (Å²) in [4.78, 5) is 9.75. The summed E-state index contributed by atoms with van der Waals surface area (Å²) in [5.41, 5.74) is 9.08. The summed E-state index contributed by atoms with van der Waals surface area (Å²) in [7, 11) is 0.